The van der Waals surface area contributed by atoms with E-state index in [0.717, 1.165) is 5.52 Å². The van der Waals surface area contributed by atoms with E-state index >= 15 is 0 Å². The van der Waals surface area contributed by atoms with Crippen molar-refractivity contribution in [1.29, 1.82) is 0 Å². The van der Waals surface area contributed by atoms with Gasteiger partial charge in [-0.15, -0.1) is 0 Å². The lowest BCUT2D eigenvalue weighted by atomic mass is 10.2. The van der Waals surface area contributed by atoms with E-state index in [1.807, 2.05) is 55.5 Å². The average Bonchev–Trinajstić information content (AvgIpc) is 2.96. The molecule has 2 heterocycles. The molecule has 23 heavy (non-hydrogen) atoms. The van der Waals surface area contributed by atoms with Gasteiger partial charge < -0.3 is 10.1 Å². The fourth-order valence-electron chi connectivity index (χ4n) is 1.86. The van der Waals surface area contributed by atoms with Gasteiger partial charge in [0.15, 0.2) is 5.65 Å². The number of aliphatic hydroxyl groups is 1. The van der Waals surface area contributed by atoms with E-state index in [1.165, 1.54) is 12.2 Å². The highest BCUT2D eigenvalue weighted by molar-refractivity contribution is 5.77. The molecule has 0 unspecified atom stereocenters. The number of H-pyrrole nitrogens is 1. The maximum absolute atomic E-state index is 9.83. The van der Waals surface area contributed by atoms with Crippen LogP contribution in [0.4, 0.5) is 0 Å². The van der Waals surface area contributed by atoms with Crippen LogP contribution in [-0.2, 0) is 0 Å². The lowest BCUT2D eigenvalue weighted by molar-refractivity contribution is 0.511. The number of allylic oxidation sites excluding steroid dienone is 9. The van der Waals surface area contributed by atoms with Crippen molar-refractivity contribution < 1.29 is 5.11 Å². The van der Waals surface area contributed by atoms with Crippen molar-refractivity contribution in [2.75, 3.05) is 0 Å². The van der Waals surface area contributed by atoms with Gasteiger partial charge in [0.05, 0.1) is 5.52 Å². The molecule has 0 aliphatic heterocycles. The monoisotopic (exact) mass is 305 g/mol. The SMILES string of the molecule is C=C/C=C(\O)c1cnc2nc(/C=C/C=C/C=C\C=C/C)[nH]c2c1. The number of imidazole rings is 1. The first-order valence-corrected chi connectivity index (χ1v) is 7.25. The minimum absolute atomic E-state index is 0.122. The van der Waals surface area contributed by atoms with Gasteiger partial charge in [-0.3, -0.25) is 0 Å². The van der Waals surface area contributed by atoms with Crippen LogP contribution in [0.1, 0.15) is 18.3 Å². The van der Waals surface area contributed by atoms with Gasteiger partial charge in [0.2, 0.25) is 0 Å². The molecule has 0 saturated carbocycles. The third kappa shape index (κ3) is 4.68. The lowest BCUT2D eigenvalue weighted by Crippen LogP contribution is -1.85. The Balaban J connectivity index is 2.14. The van der Waals surface area contributed by atoms with Gasteiger partial charge in [0.25, 0.3) is 0 Å². The van der Waals surface area contributed by atoms with E-state index in [0.29, 0.717) is 17.0 Å². The number of aromatic amines is 1. The van der Waals surface area contributed by atoms with Crippen molar-refractivity contribution >= 4 is 23.0 Å². The molecule has 0 atom stereocenters. The topological polar surface area (TPSA) is 61.8 Å². The Bertz CT molecular complexity index is 820. The highest BCUT2D eigenvalue weighted by Gasteiger charge is 2.05. The summed E-state index contributed by atoms with van der Waals surface area (Å²) in [5.74, 6) is 0.830. The molecule has 2 aromatic heterocycles. The maximum Gasteiger partial charge on any atom is 0.178 e. The van der Waals surface area contributed by atoms with E-state index < -0.39 is 0 Å². The predicted octanol–water partition coefficient (Wildman–Crippen LogP) is 4.74. The molecule has 0 fully saturated rings. The fourth-order valence-corrected chi connectivity index (χ4v) is 1.86. The van der Waals surface area contributed by atoms with Crippen LogP contribution >= 0.6 is 0 Å². The summed E-state index contributed by atoms with van der Waals surface area (Å²) in [5, 5.41) is 9.83. The third-order valence-corrected chi connectivity index (χ3v) is 2.93. The average molecular weight is 305 g/mol. The second-order valence-corrected chi connectivity index (χ2v) is 4.66. The zero-order valence-corrected chi connectivity index (χ0v) is 13.0. The summed E-state index contributed by atoms with van der Waals surface area (Å²) in [6, 6.07) is 1.80. The second kappa shape index (κ2) is 8.34. The van der Waals surface area contributed by atoms with E-state index in [-0.39, 0.29) is 5.76 Å². The summed E-state index contributed by atoms with van der Waals surface area (Å²) in [7, 11) is 0. The standard InChI is InChI=1S/C19H19N3O/c1-3-5-6-7-8-9-10-12-18-21-16-13-15(17(23)11-4-2)14-20-19(16)22-18/h3-14,23H,2H2,1H3,(H,20,21,22)/b5-3-,7-6-,9-8+,12-10+,17-11-. The molecule has 2 rings (SSSR count). The third-order valence-electron chi connectivity index (χ3n) is 2.93. The maximum atomic E-state index is 9.83. The van der Waals surface area contributed by atoms with Gasteiger partial charge in [-0.25, -0.2) is 9.97 Å². The Kier molecular flexibility index (Phi) is 5.89. The van der Waals surface area contributed by atoms with Crippen LogP contribution in [0, 0.1) is 0 Å². The second-order valence-electron chi connectivity index (χ2n) is 4.66. The van der Waals surface area contributed by atoms with Crippen molar-refractivity contribution in [2.45, 2.75) is 6.92 Å². The molecule has 2 N–H and O–H groups in total. The summed E-state index contributed by atoms with van der Waals surface area (Å²) >= 11 is 0. The van der Waals surface area contributed by atoms with Crippen molar-refractivity contribution in [1.82, 2.24) is 15.0 Å². The van der Waals surface area contributed by atoms with Crippen LogP contribution in [0.5, 0.6) is 0 Å². The first kappa shape index (κ1) is 16.2. The zero-order chi connectivity index (χ0) is 16.5. The normalized spacial score (nSPS) is 13.3. The Morgan fingerprint density at radius 2 is 1.91 bits per heavy atom. The summed E-state index contributed by atoms with van der Waals surface area (Å²) in [5.41, 5.74) is 1.99. The number of hydrogen-bond donors (Lipinski definition) is 2. The molecule has 2 aromatic rings. The number of fused-ring (bicyclic) bond motifs is 1. The molecule has 0 saturated heterocycles. The molecule has 0 bridgehead atoms. The number of nitrogens with zero attached hydrogens (tertiary/aromatic N) is 2. The van der Waals surface area contributed by atoms with Gasteiger partial charge in [0, 0.05) is 11.8 Å². The molecule has 4 heteroatoms. The van der Waals surface area contributed by atoms with E-state index in [1.54, 1.807) is 12.3 Å². The molecule has 0 aliphatic carbocycles. The smallest absolute Gasteiger partial charge is 0.178 e. The number of pyridine rings is 1. The summed E-state index contributed by atoms with van der Waals surface area (Å²) in [6.45, 7) is 5.53. The van der Waals surface area contributed by atoms with Crippen LogP contribution in [0.2, 0.25) is 0 Å². The Morgan fingerprint density at radius 3 is 2.65 bits per heavy atom. The number of nitrogens with one attached hydrogen (secondary N) is 1. The summed E-state index contributed by atoms with van der Waals surface area (Å²) < 4.78 is 0. The van der Waals surface area contributed by atoms with Gasteiger partial charge in [-0.1, -0.05) is 55.2 Å². The molecule has 0 radical (unpaired) electrons. The van der Waals surface area contributed by atoms with Crippen LogP contribution in [0.15, 0.2) is 73.5 Å². The number of hydrogen-bond acceptors (Lipinski definition) is 3. The van der Waals surface area contributed by atoms with Crippen LogP contribution in [0.3, 0.4) is 0 Å². The van der Waals surface area contributed by atoms with Crippen molar-refractivity contribution in [3.05, 3.63) is 84.9 Å². The summed E-state index contributed by atoms with van der Waals surface area (Å²) in [6.07, 6.45) is 20.1. The van der Waals surface area contributed by atoms with Gasteiger partial charge >= 0.3 is 0 Å². The Hall–Kier alpha value is -3.14. The molecular weight excluding hydrogens is 286 g/mol. The summed E-state index contributed by atoms with van der Waals surface area (Å²) in [4.78, 5) is 11.8. The minimum Gasteiger partial charge on any atom is -0.507 e. The van der Waals surface area contributed by atoms with Crippen molar-refractivity contribution in [3.8, 4) is 0 Å². The van der Waals surface area contributed by atoms with Crippen LogP contribution in [0.25, 0.3) is 23.0 Å². The largest absolute Gasteiger partial charge is 0.507 e. The van der Waals surface area contributed by atoms with Crippen molar-refractivity contribution in [2.24, 2.45) is 0 Å². The van der Waals surface area contributed by atoms with E-state index in [9.17, 15) is 5.11 Å². The van der Waals surface area contributed by atoms with Crippen molar-refractivity contribution in [3.63, 3.8) is 0 Å². The molecular formula is C19H19N3O. The molecule has 116 valence electrons. The van der Waals surface area contributed by atoms with Gasteiger partial charge in [-0.2, -0.15) is 0 Å². The first-order valence-electron chi connectivity index (χ1n) is 7.25. The van der Waals surface area contributed by atoms with Gasteiger partial charge in [0.1, 0.15) is 11.6 Å². The number of aromatic nitrogens is 3. The van der Waals surface area contributed by atoms with Crippen LogP contribution < -0.4 is 0 Å². The minimum atomic E-state index is 0.122. The molecule has 0 aromatic carbocycles. The molecule has 0 amide bonds. The molecule has 4 nitrogen and oxygen atoms in total. The molecule has 0 aliphatic rings. The van der Waals surface area contributed by atoms with Crippen LogP contribution in [-0.4, -0.2) is 20.1 Å². The lowest BCUT2D eigenvalue weighted by Gasteiger charge is -1.97. The Labute approximate surface area is 135 Å². The molecule has 0 spiro atoms. The first-order chi connectivity index (χ1) is 11.2. The highest BCUT2D eigenvalue weighted by Crippen LogP contribution is 2.16. The predicted molar refractivity (Wildman–Crippen MR) is 96.8 cm³/mol. The quantitative estimate of drug-likeness (QED) is 0.598. The van der Waals surface area contributed by atoms with E-state index in [4.69, 9.17) is 0 Å². The number of aliphatic hydroxyl groups excluding tert-OH is 1. The Morgan fingerprint density at radius 1 is 1.17 bits per heavy atom. The van der Waals surface area contributed by atoms with E-state index in [2.05, 4.69) is 21.5 Å². The fraction of sp³-hybridized carbons (Fsp3) is 0.0526. The highest BCUT2D eigenvalue weighted by atomic mass is 16.3. The number of rotatable bonds is 6. The zero-order valence-electron chi connectivity index (χ0n) is 13.0. The van der Waals surface area contributed by atoms with Gasteiger partial charge in [-0.05, 0) is 25.1 Å².